The summed E-state index contributed by atoms with van der Waals surface area (Å²) in [6.45, 7) is 4.21. The van der Waals surface area contributed by atoms with Crippen LogP contribution in [0.4, 0.5) is 0 Å². The van der Waals surface area contributed by atoms with Gasteiger partial charge in [-0.1, -0.05) is 36.4 Å². The fraction of sp³-hybridized carbons (Fsp3) is 0.448. The molecule has 0 spiro atoms. The highest BCUT2D eigenvalue weighted by Crippen LogP contribution is 2.28. The normalized spacial score (nSPS) is 17.3. The Hall–Kier alpha value is -3.76. The van der Waals surface area contributed by atoms with Crippen molar-refractivity contribution in [3.63, 3.8) is 0 Å². The van der Waals surface area contributed by atoms with E-state index in [1.807, 2.05) is 36.4 Å². The summed E-state index contributed by atoms with van der Waals surface area (Å²) in [6, 6.07) is 17.0. The van der Waals surface area contributed by atoms with E-state index in [0.29, 0.717) is 12.1 Å². The molecule has 4 heterocycles. The highest BCUT2D eigenvalue weighted by molar-refractivity contribution is 5.88. The van der Waals surface area contributed by atoms with Crippen LogP contribution in [0.3, 0.4) is 0 Å². The van der Waals surface area contributed by atoms with Crippen LogP contribution in [0.25, 0.3) is 21.8 Å². The molecule has 0 saturated carbocycles. The molecule has 10 nitrogen and oxygen atoms in total. The fourth-order valence-electron chi connectivity index (χ4n) is 5.75. The average Bonchev–Trinajstić information content (AvgIpc) is 3.48. The zero-order valence-corrected chi connectivity index (χ0v) is 22.6. The second-order valence-electron chi connectivity index (χ2n) is 10.6. The van der Waals surface area contributed by atoms with Gasteiger partial charge in [0.15, 0.2) is 0 Å². The molecule has 0 unspecified atom stereocenters. The minimum absolute atomic E-state index is 0.207. The fourth-order valence-corrected chi connectivity index (χ4v) is 5.75. The summed E-state index contributed by atoms with van der Waals surface area (Å²) in [5, 5.41) is 14.8. The molecule has 2 aliphatic rings. The monoisotopic (exact) mass is 530 g/mol. The third-order valence-electron chi connectivity index (χ3n) is 7.75. The van der Waals surface area contributed by atoms with Crippen LogP contribution in [0.5, 0.6) is 0 Å². The lowest BCUT2D eigenvalue weighted by Gasteiger charge is -2.29. The molecule has 0 bridgehead atoms. The van der Waals surface area contributed by atoms with Gasteiger partial charge in [0.25, 0.3) is 0 Å². The zero-order chi connectivity index (χ0) is 27.4. The summed E-state index contributed by atoms with van der Waals surface area (Å²) in [4.78, 5) is 24.7. The Labute approximate surface area is 228 Å². The number of nitrogens with zero attached hydrogens (tertiary/aromatic N) is 5. The van der Waals surface area contributed by atoms with Crippen molar-refractivity contribution in [1.82, 2.24) is 29.8 Å². The molecule has 2 aromatic carbocycles. The van der Waals surface area contributed by atoms with Gasteiger partial charge in [-0.3, -0.25) is 19.0 Å². The number of piperidine rings is 2. The van der Waals surface area contributed by atoms with Crippen molar-refractivity contribution in [1.29, 1.82) is 0 Å². The van der Waals surface area contributed by atoms with Gasteiger partial charge in [-0.25, -0.2) is 0 Å². The lowest BCUT2D eigenvalue weighted by molar-refractivity contribution is -0.118. The molecule has 2 saturated heterocycles. The van der Waals surface area contributed by atoms with E-state index < -0.39 is 0 Å². The number of amides is 2. The van der Waals surface area contributed by atoms with Gasteiger partial charge in [-0.05, 0) is 71.0 Å². The smallest absolute Gasteiger partial charge is 0.223 e. The highest BCUT2D eigenvalue weighted by atomic mass is 16.1. The summed E-state index contributed by atoms with van der Waals surface area (Å²) in [6.07, 6.45) is 4.75. The second kappa shape index (κ2) is 12.0. The number of rotatable bonds is 6. The van der Waals surface area contributed by atoms with E-state index in [-0.39, 0.29) is 24.7 Å². The Kier molecular flexibility index (Phi) is 8.23. The number of aromatic nitrogens is 4. The van der Waals surface area contributed by atoms with Crippen LogP contribution in [-0.2, 0) is 22.4 Å². The van der Waals surface area contributed by atoms with Crippen LogP contribution >= 0.6 is 0 Å². The van der Waals surface area contributed by atoms with Crippen LogP contribution in [0, 0.1) is 0 Å². The number of nitrogens with one attached hydrogen (secondary N) is 1. The number of fused-ring (bicyclic) bond motifs is 2. The van der Waals surface area contributed by atoms with Crippen molar-refractivity contribution in [2.24, 2.45) is 11.5 Å². The van der Waals surface area contributed by atoms with Crippen LogP contribution < -0.4 is 16.8 Å². The van der Waals surface area contributed by atoms with Crippen LogP contribution in [0.1, 0.15) is 49.2 Å². The summed E-state index contributed by atoms with van der Waals surface area (Å²) in [5.74, 6) is -0.663. The largest absolute Gasteiger partial charge is 0.369 e. The van der Waals surface area contributed by atoms with Crippen molar-refractivity contribution in [2.45, 2.75) is 50.6 Å². The van der Waals surface area contributed by atoms with Gasteiger partial charge in [0.05, 0.1) is 47.3 Å². The predicted octanol–water partition coefficient (Wildman–Crippen LogP) is 2.32. The van der Waals surface area contributed by atoms with E-state index in [0.717, 1.165) is 85.1 Å². The summed E-state index contributed by atoms with van der Waals surface area (Å²) in [5.41, 5.74) is 14.4. The summed E-state index contributed by atoms with van der Waals surface area (Å²) in [7, 11) is 2.15. The molecule has 2 fully saturated rings. The Morgan fingerprint density at radius 1 is 0.769 bits per heavy atom. The highest BCUT2D eigenvalue weighted by Gasteiger charge is 2.23. The quantitative estimate of drug-likeness (QED) is 0.350. The molecule has 4 aromatic rings. The van der Waals surface area contributed by atoms with Crippen molar-refractivity contribution in [3.05, 3.63) is 59.9 Å². The number of carbonyl (C=O) groups excluding carboxylic acids is 2. The Morgan fingerprint density at radius 2 is 1.21 bits per heavy atom. The van der Waals surface area contributed by atoms with Crippen molar-refractivity contribution < 1.29 is 9.59 Å². The van der Waals surface area contributed by atoms with Gasteiger partial charge in [0.2, 0.25) is 11.8 Å². The maximum atomic E-state index is 11.2. The lowest BCUT2D eigenvalue weighted by atomic mass is 10.1. The van der Waals surface area contributed by atoms with Gasteiger partial charge < -0.3 is 21.7 Å². The molecule has 2 aromatic heterocycles. The standard InChI is InChI=1S/C15H20N4O.C14H18N4O/c1-18-8-6-11(7-9-18)19-14-5-3-2-4-12(14)13(17-19)10-15(16)20;15-14(19)9-12-11-3-1-2-4-13(11)18(17-12)10-5-7-16-8-6-10/h2-5,11H,6-10H2,1H3,(H2,16,20);1-4,10,16H,5-9H2,(H2,15,19). The number of primary amides is 2. The SMILES string of the molecule is CN1CCC(n2nc(CC(N)=O)c3ccccc32)CC1.NC(=O)Cc1nn(C2CCNCC2)c2ccccc12. The van der Waals surface area contributed by atoms with E-state index in [2.05, 4.69) is 49.0 Å². The number of para-hydroxylation sites is 2. The Bertz CT molecular complexity index is 1440. The van der Waals surface area contributed by atoms with Crippen molar-refractivity contribution in [3.8, 4) is 0 Å². The third-order valence-corrected chi connectivity index (χ3v) is 7.75. The first-order valence-corrected chi connectivity index (χ1v) is 13.8. The number of likely N-dealkylation sites (tertiary alicyclic amines) is 1. The maximum Gasteiger partial charge on any atom is 0.223 e. The molecule has 0 aliphatic carbocycles. The van der Waals surface area contributed by atoms with Gasteiger partial charge in [-0.2, -0.15) is 10.2 Å². The van der Waals surface area contributed by atoms with Gasteiger partial charge in [0.1, 0.15) is 0 Å². The van der Waals surface area contributed by atoms with Crippen molar-refractivity contribution >= 4 is 33.6 Å². The Morgan fingerprint density at radius 3 is 1.67 bits per heavy atom. The first kappa shape index (κ1) is 26.8. The van der Waals surface area contributed by atoms with Crippen LogP contribution in [0.2, 0.25) is 0 Å². The molecule has 2 aliphatic heterocycles. The van der Waals surface area contributed by atoms with E-state index in [4.69, 9.17) is 11.5 Å². The first-order valence-electron chi connectivity index (χ1n) is 13.8. The maximum absolute atomic E-state index is 11.2. The predicted molar refractivity (Wildman–Crippen MR) is 152 cm³/mol. The Balaban J connectivity index is 0.000000158. The first-order chi connectivity index (χ1) is 18.9. The zero-order valence-electron chi connectivity index (χ0n) is 22.6. The van der Waals surface area contributed by atoms with E-state index in [1.54, 1.807) is 0 Å². The molecular formula is C29H38N8O2. The van der Waals surface area contributed by atoms with E-state index in [9.17, 15) is 9.59 Å². The summed E-state index contributed by atoms with van der Waals surface area (Å²) < 4.78 is 4.18. The molecule has 206 valence electrons. The topological polar surface area (TPSA) is 137 Å². The van der Waals surface area contributed by atoms with Gasteiger partial charge >= 0.3 is 0 Å². The van der Waals surface area contributed by atoms with E-state index >= 15 is 0 Å². The lowest BCUT2D eigenvalue weighted by Crippen LogP contribution is -2.31. The minimum atomic E-state index is -0.333. The van der Waals surface area contributed by atoms with Crippen LogP contribution in [-0.4, -0.2) is 69.5 Å². The number of benzene rings is 2. The molecule has 39 heavy (non-hydrogen) atoms. The van der Waals surface area contributed by atoms with Gasteiger partial charge in [-0.15, -0.1) is 0 Å². The summed E-state index contributed by atoms with van der Waals surface area (Å²) >= 11 is 0. The molecule has 6 rings (SSSR count). The van der Waals surface area contributed by atoms with Crippen molar-refractivity contribution in [2.75, 3.05) is 33.2 Å². The molecule has 10 heteroatoms. The molecule has 5 N–H and O–H groups in total. The number of hydrogen-bond donors (Lipinski definition) is 3. The molecule has 0 atom stereocenters. The van der Waals surface area contributed by atoms with Gasteiger partial charge in [0, 0.05) is 10.8 Å². The average molecular weight is 531 g/mol. The second-order valence-corrected chi connectivity index (χ2v) is 10.6. The van der Waals surface area contributed by atoms with Crippen LogP contribution in [0.15, 0.2) is 48.5 Å². The molecule has 0 radical (unpaired) electrons. The third kappa shape index (κ3) is 6.12. The molecular weight excluding hydrogens is 492 g/mol. The minimum Gasteiger partial charge on any atom is -0.369 e. The molecule has 2 amide bonds. The number of carbonyl (C=O) groups is 2. The number of nitrogens with two attached hydrogens (primary N) is 2. The van der Waals surface area contributed by atoms with E-state index in [1.165, 1.54) is 0 Å². The number of hydrogen-bond acceptors (Lipinski definition) is 6.